The van der Waals surface area contributed by atoms with Crippen LogP contribution in [-0.4, -0.2) is 23.1 Å². The fourth-order valence-corrected chi connectivity index (χ4v) is 2.90. The van der Waals surface area contributed by atoms with Crippen LogP contribution in [0.4, 0.5) is 4.79 Å². The molecule has 0 N–H and O–H groups in total. The Bertz CT molecular complexity index is 606. The highest BCUT2D eigenvalue weighted by molar-refractivity contribution is 5.69. The molecule has 1 aromatic rings. The minimum absolute atomic E-state index is 0.267. The van der Waals surface area contributed by atoms with Gasteiger partial charge < -0.3 is 9.64 Å². The van der Waals surface area contributed by atoms with Gasteiger partial charge in [-0.1, -0.05) is 26.0 Å². The molecule has 21 heavy (non-hydrogen) atoms. The fraction of sp³-hybridized carbons (Fsp3) is 0.529. The quantitative estimate of drug-likeness (QED) is 0.732. The van der Waals surface area contributed by atoms with Crippen LogP contribution >= 0.6 is 0 Å². The number of benzene rings is 1. The first-order chi connectivity index (χ1) is 9.64. The van der Waals surface area contributed by atoms with Crippen LogP contribution in [0.25, 0.3) is 0 Å². The van der Waals surface area contributed by atoms with Gasteiger partial charge >= 0.3 is 6.09 Å². The van der Waals surface area contributed by atoms with E-state index in [1.165, 1.54) is 0 Å². The molecule has 1 aliphatic rings. The Balaban J connectivity index is 2.35. The Morgan fingerprint density at radius 3 is 2.62 bits per heavy atom. The van der Waals surface area contributed by atoms with Crippen LogP contribution in [0.5, 0.6) is 0 Å². The lowest BCUT2D eigenvalue weighted by Gasteiger charge is -2.40. The van der Waals surface area contributed by atoms with Gasteiger partial charge in [0.05, 0.1) is 11.6 Å². The lowest BCUT2D eigenvalue weighted by molar-refractivity contribution is 0.0174. The number of ether oxygens (including phenoxy) is 1. The highest BCUT2D eigenvalue weighted by Crippen LogP contribution is 2.36. The van der Waals surface area contributed by atoms with E-state index in [4.69, 9.17) is 4.74 Å². The maximum Gasteiger partial charge on any atom is 0.410 e. The normalized spacial score (nSPS) is 16.9. The Kier molecular flexibility index (Phi) is 3.71. The second-order valence-electron chi connectivity index (χ2n) is 7.17. The SMILES string of the molecule is CC(C)(C)OC(=O)N1Cc2cccc(C#N)c2C(C)(C)C1. The van der Waals surface area contributed by atoms with Crippen molar-refractivity contribution in [2.24, 2.45) is 0 Å². The number of amides is 1. The van der Waals surface area contributed by atoms with Crippen LogP contribution in [0.15, 0.2) is 18.2 Å². The van der Waals surface area contributed by atoms with Crippen LogP contribution in [0.1, 0.15) is 51.3 Å². The van der Waals surface area contributed by atoms with Gasteiger partial charge in [-0.05, 0) is 38.0 Å². The number of hydrogen-bond acceptors (Lipinski definition) is 3. The summed E-state index contributed by atoms with van der Waals surface area (Å²) in [4.78, 5) is 14.0. The Morgan fingerprint density at radius 2 is 2.05 bits per heavy atom. The topological polar surface area (TPSA) is 53.3 Å². The smallest absolute Gasteiger partial charge is 0.410 e. The summed E-state index contributed by atoms with van der Waals surface area (Å²) in [5, 5.41) is 9.30. The van der Waals surface area contributed by atoms with Crippen molar-refractivity contribution in [3.63, 3.8) is 0 Å². The number of nitriles is 1. The summed E-state index contributed by atoms with van der Waals surface area (Å²) >= 11 is 0. The molecule has 0 unspecified atom stereocenters. The monoisotopic (exact) mass is 286 g/mol. The molecule has 112 valence electrons. The van der Waals surface area contributed by atoms with Crippen molar-refractivity contribution >= 4 is 6.09 Å². The van der Waals surface area contributed by atoms with Crippen molar-refractivity contribution in [3.05, 3.63) is 34.9 Å². The highest BCUT2D eigenvalue weighted by atomic mass is 16.6. The number of rotatable bonds is 0. The van der Waals surface area contributed by atoms with Gasteiger partial charge in [-0.3, -0.25) is 0 Å². The number of fused-ring (bicyclic) bond motifs is 1. The van der Waals surface area contributed by atoms with Gasteiger partial charge in [0.25, 0.3) is 0 Å². The molecule has 4 heteroatoms. The summed E-state index contributed by atoms with van der Waals surface area (Å²) < 4.78 is 5.46. The van der Waals surface area contributed by atoms with E-state index in [2.05, 4.69) is 19.9 Å². The summed E-state index contributed by atoms with van der Waals surface area (Å²) in [6.45, 7) is 10.7. The average molecular weight is 286 g/mol. The van der Waals surface area contributed by atoms with Gasteiger partial charge in [0.1, 0.15) is 5.60 Å². The first-order valence-corrected chi connectivity index (χ1v) is 7.14. The Hall–Kier alpha value is -2.02. The van der Waals surface area contributed by atoms with Crippen LogP contribution in [0.2, 0.25) is 0 Å². The maximum absolute atomic E-state index is 12.3. The molecular weight excluding hydrogens is 264 g/mol. The maximum atomic E-state index is 12.3. The number of nitrogens with zero attached hydrogens (tertiary/aromatic N) is 2. The van der Waals surface area contributed by atoms with E-state index in [1.54, 1.807) is 4.90 Å². The van der Waals surface area contributed by atoms with E-state index in [-0.39, 0.29) is 11.5 Å². The standard InChI is InChI=1S/C17H22N2O2/c1-16(2,3)21-15(20)19-10-13-8-6-7-12(9-18)14(13)17(4,5)11-19/h6-8H,10-11H2,1-5H3. The third kappa shape index (κ3) is 3.18. The van der Waals surface area contributed by atoms with E-state index < -0.39 is 5.60 Å². The third-order valence-electron chi connectivity index (χ3n) is 3.55. The van der Waals surface area contributed by atoms with E-state index >= 15 is 0 Å². The first-order valence-electron chi connectivity index (χ1n) is 7.14. The number of hydrogen-bond donors (Lipinski definition) is 0. The van der Waals surface area contributed by atoms with E-state index in [9.17, 15) is 10.1 Å². The first kappa shape index (κ1) is 15.4. The number of carbonyl (C=O) groups excluding carboxylic acids is 1. The molecule has 1 amide bonds. The molecule has 0 aliphatic carbocycles. The second kappa shape index (κ2) is 5.07. The molecule has 0 atom stereocenters. The van der Waals surface area contributed by atoms with Gasteiger partial charge in [0.2, 0.25) is 0 Å². The van der Waals surface area contributed by atoms with Crippen molar-refractivity contribution in [2.75, 3.05) is 6.54 Å². The minimum Gasteiger partial charge on any atom is -0.444 e. The van der Waals surface area contributed by atoms with Gasteiger partial charge in [-0.15, -0.1) is 0 Å². The van der Waals surface area contributed by atoms with Crippen LogP contribution in [-0.2, 0) is 16.7 Å². The Labute approximate surface area is 126 Å². The van der Waals surface area contributed by atoms with E-state index in [0.717, 1.165) is 11.1 Å². The zero-order valence-corrected chi connectivity index (χ0v) is 13.4. The molecule has 1 aliphatic heterocycles. The Morgan fingerprint density at radius 1 is 1.38 bits per heavy atom. The van der Waals surface area contributed by atoms with Crippen molar-refractivity contribution in [1.82, 2.24) is 4.90 Å². The molecule has 0 spiro atoms. The summed E-state index contributed by atoms with van der Waals surface area (Å²) in [5.41, 5.74) is 2.00. The van der Waals surface area contributed by atoms with Crippen molar-refractivity contribution < 1.29 is 9.53 Å². The predicted molar refractivity (Wildman–Crippen MR) is 80.8 cm³/mol. The molecule has 0 saturated carbocycles. The van der Waals surface area contributed by atoms with Crippen molar-refractivity contribution in [3.8, 4) is 6.07 Å². The molecule has 0 fully saturated rings. The van der Waals surface area contributed by atoms with Gasteiger partial charge in [-0.2, -0.15) is 5.26 Å². The van der Waals surface area contributed by atoms with Gasteiger partial charge in [-0.25, -0.2) is 4.79 Å². The summed E-state index contributed by atoms with van der Waals surface area (Å²) in [5.74, 6) is 0. The lowest BCUT2D eigenvalue weighted by atomic mass is 9.76. The molecule has 0 saturated heterocycles. The number of carbonyl (C=O) groups is 1. The average Bonchev–Trinajstić information content (AvgIpc) is 2.34. The fourth-order valence-electron chi connectivity index (χ4n) is 2.90. The predicted octanol–water partition coefficient (Wildman–Crippen LogP) is 3.59. The molecule has 0 aromatic heterocycles. The van der Waals surface area contributed by atoms with Gasteiger partial charge in [0.15, 0.2) is 0 Å². The van der Waals surface area contributed by atoms with Crippen LogP contribution in [0, 0.1) is 11.3 Å². The molecule has 1 aromatic carbocycles. The zero-order valence-electron chi connectivity index (χ0n) is 13.4. The van der Waals surface area contributed by atoms with E-state index in [1.807, 2.05) is 39.0 Å². The molecular formula is C17H22N2O2. The zero-order chi connectivity index (χ0) is 15.8. The molecule has 1 heterocycles. The summed E-state index contributed by atoms with van der Waals surface area (Å²) in [6.07, 6.45) is -0.302. The largest absolute Gasteiger partial charge is 0.444 e. The van der Waals surface area contributed by atoms with Crippen molar-refractivity contribution in [1.29, 1.82) is 5.26 Å². The van der Waals surface area contributed by atoms with Crippen LogP contribution in [0.3, 0.4) is 0 Å². The van der Waals surface area contributed by atoms with Crippen molar-refractivity contribution in [2.45, 2.75) is 52.2 Å². The molecule has 0 radical (unpaired) electrons. The minimum atomic E-state index is -0.504. The molecule has 4 nitrogen and oxygen atoms in total. The highest BCUT2D eigenvalue weighted by Gasteiger charge is 2.37. The van der Waals surface area contributed by atoms with Gasteiger partial charge in [0, 0.05) is 18.5 Å². The third-order valence-corrected chi connectivity index (χ3v) is 3.55. The van der Waals surface area contributed by atoms with E-state index in [0.29, 0.717) is 18.7 Å². The summed E-state index contributed by atoms with van der Waals surface area (Å²) in [6, 6.07) is 7.94. The lowest BCUT2D eigenvalue weighted by Crippen LogP contribution is -2.47. The van der Waals surface area contributed by atoms with Crippen LogP contribution < -0.4 is 0 Å². The molecule has 2 rings (SSSR count). The summed E-state index contributed by atoms with van der Waals surface area (Å²) in [7, 11) is 0. The molecule has 0 bridgehead atoms. The second-order valence-corrected chi connectivity index (χ2v) is 7.17.